The van der Waals surface area contributed by atoms with Crippen molar-refractivity contribution in [1.82, 2.24) is 9.80 Å². The lowest BCUT2D eigenvalue weighted by atomic mass is 10.0. The Labute approximate surface area is 165 Å². The van der Waals surface area contributed by atoms with Gasteiger partial charge in [0.25, 0.3) is 0 Å². The standard InChI is InChI=1S/C20H30BrN3O2/c1-20(2,3)26-19(25)24-14-12-23(13-15-24)18-8-10-22(11-9-18)17-6-4-16(21)5-7-17/h4-7,18H,8-15H2,1-3H3. The van der Waals surface area contributed by atoms with Crippen molar-refractivity contribution < 1.29 is 9.53 Å². The molecule has 2 heterocycles. The van der Waals surface area contributed by atoms with E-state index >= 15 is 0 Å². The van der Waals surface area contributed by atoms with E-state index in [1.807, 2.05) is 25.7 Å². The monoisotopic (exact) mass is 423 g/mol. The number of amides is 1. The summed E-state index contributed by atoms with van der Waals surface area (Å²) in [6.07, 6.45) is 2.19. The third kappa shape index (κ3) is 5.13. The van der Waals surface area contributed by atoms with Crippen molar-refractivity contribution in [2.24, 2.45) is 0 Å². The van der Waals surface area contributed by atoms with E-state index in [2.05, 4.69) is 50.0 Å². The third-order valence-corrected chi connectivity index (χ3v) is 5.67. The van der Waals surface area contributed by atoms with Gasteiger partial charge in [-0.1, -0.05) is 15.9 Å². The molecule has 1 aromatic carbocycles. The molecule has 2 aliphatic rings. The zero-order valence-electron chi connectivity index (χ0n) is 16.1. The molecule has 1 amide bonds. The fraction of sp³-hybridized carbons (Fsp3) is 0.650. The highest BCUT2D eigenvalue weighted by Crippen LogP contribution is 2.25. The molecule has 2 fully saturated rings. The molecule has 5 nitrogen and oxygen atoms in total. The third-order valence-electron chi connectivity index (χ3n) is 5.14. The normalized spacial score (nSPS) is 20.3. The Kier molecular flexibility index (Phi) is 6.13. The van der Waals surface area contributed by atoms with Crippen LogP contribution in [-0.4, -0.2) is 66.8 Å². The van der Waals surface area contributed by atoms with Crippen LogP contribution in [0, 0.1) is 0 Å². The molecular weight excluding hydrogens is 394 g/mol. The first-order chi connectivity index (χ1) is 12.3. The number of carbonyl (C=O) groups excluding carboxylic acids is 1. The van der Waals surface area contributed by atoms with Crippen LogP contribution in [0.25, 0.3) is 0 Å². The Morgan fingerprint density at radius 1 is 1.00 bits per heavy atom. The molecule has 0 unspecified atom stereocenters. The molecule has 0 bridgehead atoms. The van der Waals surface area contributed by atoms with Crippen LogP contribution < -0.4 is 4.90 Å². The van der Waals surface area contributed by atoms with Crippen LogP contribution in [0.5, 0.6) is 0 Å². The Morgan fingerprint density at radius 3 is 2.12 bits per heavy atom. The molecule has 0 aromatic heterocycles. The average Bonchev–Trinajstić information content (AvgIpc) is 2.61. The number of carbonyl (C=O) groups is 1. The van der Waals surface area contributed by atoms with Crippen molar-refractivity contribution >= 4 is 27.7 Å². The molecule has 0 saturated carbocycles. The minimum absolute atomic E-state index is 0.179. The fourth-order valence-corrected chi connectivity index (χ4v) is 4.00. The molecule has 144 valence electrons. The number of hydrogen-bond acceptors (Lipinski definition) is 4. The van der Waals surface area contributed by atoms with Crippen LogP contribution in [0.1, 0.15) is 33.6 Å². The summed E-state index contributed by atoms with van der Waals surface area (Å²) >= 11 is 3.50. The van der Waals surface area contributed by atoms with Gasteiger partial charge < -0.3 is 14.5 Å². The van der Waals surface area contributed by atoms with Crippen molar-refractivity contribution in [3.05, 3.63) is 28.7 Å². The van der Waals surface area contributed by atoms with E-state index in [-0.39, 0.29) is 6.09 Å². The summed E-state index contributed by atoms with van der Waals surface area (Å²) in [5.74, 6) is 0. The second-order valence-electron chi connectivity index (χ2n) is 8.20. The van der Waals surface area contributed by atoms with Gasteiger partial charge in [-0.05, 0) is 57.9 Å². The Bertz CT molecular complexity index is 598. The Morgan fingerprint density at radius 2 is 1.58 bits per heavy atom. The molecule has 0 aliphatic carbocycles. The number of halogens is 1. The molecule has 26 heavy (non-hydrogen) atoms. The van der Waals surface area contributed by atoms with Gasteiger partial charge in [-0.15, -0.1) is 0 Å². The molecule has 2 saturated heterocycles. The van der Waals surface area contributed by atoms with E-state index < -0.39 is 5.60 Å². The maximum absolute atomic E-state index is 12.2. The molecule has 2 aliphatic heterocycles. The van der Waals surface area contributed by atoms with E-state index in [1.54, 1.807) is 0 Å². The number of hydrogen-bond donors (Lipinski definition) is 0. The summed E-state index contributed by atoms with van der Waals surface area (Å²) in [5, 5.41) is 0. The summed E-state index contributed by atoms with van der Waals surface area (Å²) in [6.45, 7) is 11.4. The fourth-order valence-electron chi connectivity index (χ4n) is 3.74. The topological polar surface area (TPSA) is 36.0 Å². The van der Waals surface area contributed by atoms with Gasteiger partial charge in [0, 0.05) is 55.5 Å². The predicted molar refractivity (Wildman–Crippen MR) is 109 cm³/mol. The highest BCUT2D eigenvalue weighted by Gasteiger charge is 2.30. The van der Waals surface area contributed by atoms with Crippen LogP contribution in [0.3, 0.4) is 0 Å². The number of ether oxygens (including phenoxy) is 1. The zero-order valence-corrected chi connectivity index (χ0v) is 17.7. The van der Waals surface area contributed by atoms with Crippen molar-refractivity contribution in [2.75, 3.05) is 44.2 Å². The van der Waals surface area contributed by atoms with Gasteiger partial charge in [-0.2, -0.15) is 0 Å². The van der Waals surface area contributed by atoms with Gasteiger partial charge in [0.15, 0.2) is 0 Å². The summed E-state index contributed by atoms with van der Waals surface area (Å²) in [5.41, 5.74) is 0.884. The van der Waals surface area contributed by atoms with Crippen LogP contribution in [0.15, 0.2) is 28.7 Å². The molecule has 1 aromatic rings. The number of nitrogens with zero attached hydrogens (tertiary/aromatic N) is 3. The number of rotatable bonds is 2. The maximum Gasteiger partial charge on any atom is 0.410 e. The largest absolute Gasteiger partial charge is 0.444 e. The van der Waals surface area contributed by atoms with E-state index in [0.29, 0.717) is 6.04 Å². The van der Waals surface area contributed by atoms with Crippen molar-refractivity contribution in [2.45, 2.75) is 45.3 Å². The second-order valence-corrected chi connectivity index (χ2v) is 9.11. The first kappa shape index (κ1) is 19.5. The van der Waals surface area contributed by atoms with E-state index in [0.717, 1.165) is 43.7 Å². The quantitative estimate of drug-likeness (QED) is 0.720. The Balaban J connectivity index is 1.45. The van der Waals surface area contributed by atoms with Crippen molar-refractivity contribution in [3.8, 4) is 0 Å². The van der Waals surface area contributed by atoms with E-state index in [1.165, 1.54) is 18.5 Å². The van der Waals surface area contributed by atoms with E-state index in [9.17, 15) is 4.79 Å². The molecule has 0 N–H and O–H groups in total. The van der Waals surface area contributed by atoms with Gasteiger partial charge in [0.1, 0.15) is 5.60 Å². The molecular formula is C20H30BrN3O2. The van der Waals surface area contributed by atoms with Crippen LogP contribution >= 0.6 is 15.9 Å². The number of piperazine rings is 1. The smallest absolute Gasteiger partial charge is 0.410 e. The number of anilines is 1. The van der Waals surface area contributed by atoms with Crippen molar-refractivity contribution in [1.29, 1.82) is 0 Å². The Hall–Kier alpha value is -1.27. The SMILES string of the molecule is CC(C)(C)OC(=O)N1CCN(C2CCN(c3ccc(Br)cc3)CC2)CC1. The summed E-state index contributed by atoms with van der Waals surface area (Å²) in [7, 11) is 0. The van der Waals surface area contributed by atoms with E-state index in [4.69, 9.17) is 4.74 Å². The van der Waals surface area contributed by atoms with Gasteiger partial charge in [-0.3, -0.25) is 4.90 Å². The maximum atomic E-state index is 12.2. The minimum Gasteiger partial charge on any atom is -0.444 e. The molecule has 3 rings (SSSR count). The number of piperidine rings is 1. The first-order valence-corrected chi connectivity index (χ1v) is 10.3. The highest BCUT2D eigenvalue weighted by molar-refractivity contribution is 9.10. The minimum atomic E-state index is -0.423. The molecule has 0 spiro atoms. The number of benzene rings is 1. The zero-order chi connectivity index (χ0) is 18.7. The molecule has 6 heteroatoms. The summed E-state index contributed by atoms with van der Waals surface area (Å²) < 4.78 is 6.61. The average molecular weight is 424 g/mol. The van der Waals surface area contributed by atoms with Gasteiger partial charge >= 0.3 is 6.09 Å². The summed E-state index contributed by atoms with van der Waals surface area (Å²) in [6, 6.07) is 9.21. The lowest BCUT2D eigenvalue weighted by Crippen LogP contribution is -2.55. The summed E-state index contributed by atoms with van der Waals surface area (Å²) in [4.78, 5) is 19.1. The molecule has 0 radical (unpaired) electrons. The van der Waals surface area contributed by atoms with Crippen LogP contribution in [0.2, 0.25) is 0 Å². The molecule has 0 atom stereocenters. The van der Waals surface area contributed by atoms with Crippen LogP contribution in [-0.2, 0) is 4.74 Å². The van der Waals surface area contributed by atoms with Gasteiger partial charge in [-0.25, -0.2) is 4.79 Å². The second kappa shape index (κ2) is 8.17. The van der Waals surface area contributed by atoms with Crippen LogP contribution in [0.4, 0.5) is 10.5 Å². The lowest BCUT2D eigenvalue weighted by molar-refractivity contribution is 0.00902. The van der Waals surface area contributed by atoms with Crippen molar-refractivity contribution in [3.63, 3.8) is 0 Å². The predicted octanol–water partition coefficient (Wildman–Crippen LogP) is 3.97. The van der Waals surface area contributed by atoms with Gasteiger partial charge in [0.2, 0.25) is 0 Å². The van der Waals surface area contributed by atoms with Gasteiger partial charge in [0.05, 0.1) is 0 Å². The lowest BCUT2D eigenvalue weighted by Gasteiger charge is -2.43. The highest BCUT2D eigenvalue weighted by atomic mass is 79.9. The first-order valence-electron chi connectivity index (χ1n) is 9.54.